The van der Waals surface area contributed by atoms with Crippen LogP contribution in [0.4, 0.5) is 5.69 Å². The molecule has 0 saturated carbocycles. The molecule has 1 aliphatic heterocycles. The molecule has 0 bridgehead atoms. The highest BCUT2D eigenvalue weighted by molar-refractivity contribution is 5.38. The molecule has 1 aromatic rings. The van der Waals surface area contributed by atoms with Crippen molar-refractivity contribution in [1.82, 2.24) is 9.80 Å². The predicted octanol–water partition coefficient (Wildman–Crippen LogP) is 1.83. The molecule has 16 heavy (non-hydrogen) atoms. The highest BCUT2D eigenvalue weighted by Gasteiger charge is 2.13. The van der Waals surface area contributed by atoms with E-state index in [1.165, 1.54) is 5.56 Å². The molecule has 0 atom stereocenters. The Morgan fingerprint density at radius 2 is 1.75 bits per heavy atom. The van der Waals surface area contributed by atoms with Crippen molar-refractivity contribution in [2.45, 2.75) is 6.54 Å². The summed E-state index contributed by atoms with van der Waals surface area (Å²) >= 11 is 0. The van der Waals surface area contributed by atoms with Crippen LogP contribution >= 0.6 is 0 Å². The van der Waals surface area contributed by atoms with Crippen LogP contribution in [0.15, 0.2) is 29.4 Å². The van der Waals surface area contributed by atoms with E-state index in [1.807, 2.05) is 12.1 Å². The summed E-state index contributed by atoms with van der Waals surface area (Å²) in [4.78, 5) is 15.1. The molecule has 1 saturated heterocycles. The SMILES string of the molecule is CN1CCN(Cc2ccc(N=O)cc2)CC1. The maximum Gasteiger partial charge on any atom is 0.108 e. The molecule has 2 rings (SSSR count). The van der Waals surface area contributed by atoms with Crippen LogP contribution in [0.2, 0.25) is 0 Å². The van der Waals surface area contributed by atoms with E-state index in [4.69, 9.17) is 0 Å². The lowest BCUT2D eigenvalue weighted by Crippen LogP contribution is -2.43. The van der Waals surface area contributed by atoms with Crippen molar-refractivity contribution in [3.8, 4) is 0 Å². The molecule has 1 heterocycles. The third-order valence-electron chi connectivity index (χ3n) is 3.04. The Hall–Kier alpha value is -1.26. The summed E-state index contributed by atoms with van der Waals surface area (Å²) in [7, 11) is 2.15. The Morgan fingerprint density at radius 1 is 1.12 bits per heavy atom. The van der Waals surface area contributed by atoms with Gasteiger partial charge in [0.1, 0.15) is 5.69 Å². The second kappa shape index (κ2) is 5.18. The fourth-order valence-corrected chi connectivity index (χ4v) is 1.93. The van der Waals surface area contributed by atoms with Gasteiger partial charge < -0.3 is 4.90 Å². The summed E-state index contributed by atoms with van der Waals surface area (Å²) in [6.07, 6.45) is 0. The second-order valence-corrected chi connectivity index (χ2v) is 4.34. The van der Waals surface area contributed by atoms with Gasteiger partial charge in [0.15, 0.2) is 0 Å². The molecule has 0 aliphatic carbocycles. The van der Waals surface area contributed by atoms with Crippen LogP contribution in [0.1, 0.15) is 5.56 Å². The Kier molecular flexibility index (Phi) is 3.64. The van der Waals surface area contributed by atoms with Gasteiger partial charge in [-0.15, -0.1) is 4.91 Å². The van der Waals surface area contributed by atoms with Crippen molar-refractivity contribution in [2.24, 2.45) is 5.18 Å². The summed E-state index contributed by atoms with van der Waals surface area (Å²) in [5.41, 5.74) is 1.75. The first-order valence-corrected chi connectivity index (χ1v) is 5.61. The van der Waals surface area contributed by atoms with Crippen LogP contribution in [-0.4, -0.2) is 43.0 Å². The summed E-state index contributed by atoms with van der Waals surface area (Å²) in [5.74, 6) is 0. The largest absolute Gasteiger partial charge is 0.304 e. The topological polar surface area (TPSA) is 35.9 Å². The molecule has 0 amide bonds. The third-order valence-corrected chi connectivity index (χ3v) is 3.04. The van der Waals surface area contributed by atoms with Gasteiger partial charge in [-0.2, -0.15) is 0 Å². The Balaban J connectivity index is 1.91. The van der Waals surface area contributed by atoms with Crippen LogP contribution < -0.4 is 0 Å². The molecule has 0 aromatic heterocycles. The molecule has 1 fully saturated rings. The lowest BCUT2D eigenvalue weighted by atomic mass is 10.2. The van der Waals surface area contributed by atoms with Crippen molar-refractivity contribution in [2.75, 3.05) is 33.2 Å². The quantitative estimate of drug-likeness (QED) is 0.728. The van der Waals surface area contributed by atoms with Gasteiger partial charge in [0, 0.05) is 32.7 Å². The van der Waals surface area contributed by atoms with Gasteiger partial charge in [-0.3, -0.25) is 4.90 Å². The lowest BCUT2D eigenvalue weighted by molar-refractivity contribution is 0.148. The molecule has 1 aromatic carbocycles. The number of hydrogen-bond acceptors (Lipinski definition) is 4. The molecule has 4 nitrogen and oxygen atoms in total. The molecular weight excluding hydrogens is 202 g/mol. The van der Waals surface area contributed by atoms with Gasteiger partial charge >= 0.3 is 0 Å². The maximum absolute atomic E-state index is 10.3. The van der Waals surface area contributed by atoms with Crippen molar-refractivity contribution in [1.29, 1.82) is 0 Å². The van der Waals surface area contributed by atoms with E-state index in [1.54, 1.807) is 12.1 Å². The van der Waals surface area contributed by atoms with E-state index >= 15 is 0 Å². The molecule has 86 valence electrons. The zero-order chi connectivity index (χ0) is 11.4. The predicted molar refractivity (Wildman–Crippen MR) is 64.7 cm³/mol. The average Bonchev–Trinajstić information content (AvgIpc) is 2.33. The Morgan fingerprint density at radius 3 is 2.31 bits per heavy atom. The summed E-state index contributed by atoms with van der Waals surface area (Å²) in [6, 6.07) is 7.51. The number of likely N-dealkylation sites (N-methyl/N-ethyl adjacent to an activating group) is 1. The fraction of sp³-hybridized carbons (Fsp3) is 0.500. The Bertz CT molecular complexity index is 342. The monoisotopic (exact) mass is 219 g/mol. The fourth-order valence-electron chi connectivity index (χ4n) is 1.93. The van der Waals surface area contributed by atoms with Crippen LogP contribution in [0.3, 0.4) is 0 Å². The van der Waals surface area contributed by atoms with E-state index in [0.717, 1.165) is 32.7 Å². The smallest absolute Gasteiger partial charge is 0.108 e. The zero-order valence-corrected chi connectivity index (χ0v) is 9.59. The van der Waals surface area contributed by atoms with E-state index in [9.17, 15) is 4.91 Å². The third kappa shape index (κ3) is 2.87. The first-order chi connectivity index (χ1) is 7.78. The summed E-state index contributed by atoms with van der Waals surface area (Å²) < 4.78 is 0. The van der Waals surface area contributed by atoms with Crippen molar-refractivity contribution in [3.05, 3.63) is 34.7 Å². The normalized spacial score (nSPS) is 18.6. The highest BCUT2D eigenvalue weighted by Crippen LogP contribution is 2.14. The molecular formula is C12H17N3O. The molecule has 0 radical (unpaired) electrons. The van der Waals surface area contributed by atoms with E-state index < -0.39 is 0 Å². The van der Waals surface area contributed by atoms with E-state index in [0.29, 0.717) is 5.69 Å². The van der Waals surface area contributed by atoms with Gasteiger partial charge in [0.05, 0.1) is 0 Å². The van der Waals surface area contributed by atoms with Crippen LogP contribution in [0, 0.1) is 4.91 Å². The minimum absolute atomic E-state index is 0.502. The number of nitroso groups, excluding NO2 is 1. The number of rotatable bonds is 3. The average molecular weight is 219 g/mol. The van der Waals surface area contributed by atoms with Crippen molar-refractivity contribution >= 4 is 5.69 Å². The van der Waals surface area contributed by atoms with Gasteiger partial charge in [0.25, 0.3) is 0 Å². The van der Waals surface area contributed by atoms with E-state index in [2.05, 4.69) is 22.0 Å². The van der Waals surface area contributed by atoms with Crippen LogP contribution in [-0.2, 0) is 6.54 Å². The maximum atomic E-state index is 10.3. The minimum Gasteiger partial charge on any atom is -0.304 e. The minimum atomic E-state index is 0.502. The Labute approximate surface area is 95.8 Å². The van der Waals surface area contributed by atoms with Gasteiger partial charge in [-0.25, -0.2) is 0 Å². The van der Waals surface area contributed by atoms with Gasteiger partial charge in [0.2, 0.25) is 0 Å². The summed E-state index contributed by atoms with van der Waals surface area (Å²) in [6.45, 7) is 5.46. The van der Waals surface area contributed by atoms with Crippen LogP contribution in [0.25, 0.3) is 0 Å². The van der Waals surface area contributed by atoms with Crippen LogP contribution in [0.5, 0.6) is 0 Å². The molecule has 0 unspecified atom stereocenters. The van der Waals surface area contributed by atoms with Crippen molar-refractivity contribution < 1.29 is 0 Å². The number of nitrogens with zero attached hydrogens (tertiary/aromatic N) is 3. The van der Waals surface area contributed by atoms with E-state index in [-0.39, 0.29) is 0 Å². The number of piperazine rings is 1. The first-order valence-electron chi connectivity index (χ1n) is 5.61. The van der Waals surface area contributed by atoms with Gasteiger partial charge in [-0.05, 0) is 29.9 Å². The van der Waals surface area contributed by atoms with Gasteiger partial charge in [-0.1, -0.05) is 12.1 Å². The first kappa shape index (κ1) is 11.2. The zero-order valence-electron chi connectivity index (χ0n) is 9.59. The summed E-state index contributed by atoms with van der Waals surface area (Å²) in [5, 5.41) is 2.90. The molecule has 0 spiro atoms. The second-order valence-electron chi connectivity index (χ2n) is 4.34. The molecule has 4 heteroatoms. The standard InChI is InChI=1S/C12H17N3O/c1-14-6-8-15(9-7-14)10-11-2-4-12(13-16)5-3-11/h2-5H,6-10H2,1H3. The number of hydrogen-bond donors (Lipinski definition) is 0. The molecule has 0 N–H and O–H groups in total. The lowest BCUT2D eigenvalue weighted by Gasteiger charge is -2.32. The highest BCUT2D eigenvalue weighted by atomic mass is 16.3. The van der Waals surface area contributed by atoms with Crippen molar-refractivity contribution in [3.63, 3.8) is 0 Å². The number of benzene rings is 1. The molecule has 1 aliphatic rings.